The van der Waals surface area contributed by atoms with Crippen molar-refractivity contribution in [1.29, 1.82) is 0 Å². The summed E-state index contributed by atoms with van der Waals surface area (Å²) in [6.07, 6.45) is 3.31. The summed E-state index contributed by atoms with van der Waals surface area (Å²) < 4.78 is 5.76. The molecule has 1 amide bonds. The van der Waals surface area contributed by atoms with E-state index in [2.05, 4.69) is 60.2 Å². The van der Waals surface area contributed by atoms with Crippen LogP contribution in [0.4, 0.5) is 0 Å². The number of guanidine groups is 1. The summed E-state index contributed by atoms with van der Waals surface area (Å²) in [5, 5.41) is 3.46. The zero-order valence-corrected chi connectivity index (χ0v) is 20.2. The van der Waals surface area contributed by atoms with Crippen molar-refractivity contribution in [1.82, 2.24) is 20.0 Å². The third-order valence-electron chi connectivity index (χ3n) is 6.40. The Bertz CT molecular complexity index is 740. The number of rotatable bonds is 9. The van der Waals surface area contributed by atoms with Gasteiger partial charge in [-0.2, -0.15) is 0 Å². The van der Waals surface area contributed by atoms with Gasteiger partial charge in [0.15, 0.2) is 5.96 Å². The van der Waals surface area contributed by atoms with Crippen LogP contribution in [0.1, 0.15) is 51.2 Å². The van der Waals surface area contributed by atoms with E-state index in [0.29, 0.717) is 19.1 Å². The van der Waals surface area contributed by atoms with E-state index in [9.17, 15) is 4.79 Å². The summed E-state index contributed by atoms with van der Waals surface area (Å²) in [5.74, 6) is 1.24. The molecule has 178 valence electrons. The average molecular weight is 444 g/mol. The molecule has 0 bridgehead atoms. The first-order valence-corrected chi connectivity index (χ1v) is 12.3. The van der Waals surface area contributed by atoms with Crippen LogP contribution in [0.5, 0.6) is 0 Å². The quantitative estimate of drug-likeness (QED) is 0.361. The molecule has 2 aliphatic rings. The first-order chi connectivity index (χ1) is 15.6. The minimum Gasteiger partial charge on any atom is -0.377 e. The Labute approximate surface area is 193 Å². The number of aliphatic imine (C=N–C) groups is 1. The number of piperazine rings is 1. The number of amides is 1. The lowest BCUT2D eigenvalue weighted by atomic mass is 10.1. The van der Waals surface area contributed by atoms with E-state index in [1.165, 1.54) is 11.1 Å². The van der Waals surface area contributed by atoms with Crippen molar-refractivity contribution in [3.63, 3.8) is 0 Å². The SMILES string of the molecule is CCCOCc1ccccc1CN=C(NCC)N1CCN(C(C)C(=O)N2CCCC2)CC1. The van der Waals surface area contributed by atoms with Crippen molar-refractivity contribution in [2.45, 2.75) is 59.2 Å². The fourth-order valence-electron chi connectivity index (χ4n) is 4.44. The molecule has 2 aliphatic heterocycles. The fraction of sp³-hybridized carbons (Fsp3) is 0.680. The number of nitrogens with one attached hydrogen (secondary N) is 1. The van der Waals surface area contributed by atoms with Crippen molar-refractivity contribution >= 4 is 11.9 Å². The van der Waals surface area contributed by atoms with E-state index in [4.69, 9.17) is 9.73 Å². The van der Waals surface area contributed by atoms with Gasteiger partial charge in [-0.3, -0.25) is 9.69 Å². The molecule has 0 radical (unpaired) electrons. The number of hydrogen-bond donors (Lipinski definition) is 1. The molecular weight excluding hydrogens is 402 g/mol. The number of carbonyl (C=O) groups is 1. The molecule has 0 saturated carbocycles. The minimum atomic E-state index is -0.0372. The summed E-state index contributed by atoms with van der Waals surface area (Å²) in [6.45, 7) is 14.6. The zero-order valence-electron chi connectivity index (χ0n) is 20.2. The molecule has 2 fully saturated rings. The number of likely N-dealkylation sites (tertiary alicyclic amines) is 1. The molecule has 1 aromatic rings. The van der Waals surface area contributed by atoms with Gasteiger partial charge in [0.1, 0.15) is 0 Å². The van der Waals surface area contributed by atoms with Gasteiger partial charge in [0.05, 0.1) is 19.2 Å². The topological polar surface area (TPSA) is 60.4 Å². The van der Waals surface area contributed by atoms with E-state index in [0.717, 1.165) is 77.6 Å². The van der Waals surface area contributed by atoms with Crippen LogP contribution in [0, 0.1) is 0 Å². The molecular formula is C25H41N5O2. The molecule has 7 nitrogen and oxygen atoms in total. The number of hydrogen-bond acceptors (Lipinski definition) is 4. The molecule has 7 heteroatoms. The Morgan fingerprint density at radius 2 is 1.72 bits per heavy atom. The van der Waals surface area contributed by atoms with Crippen molar-refractivity contribution in [3.05, 3.63) is 35.4 Å². The van der Waals surface area contributed by atoms with E-state index in [1.807, 2.05) is 4.90 Å². The molecule has 0 spiro atoms. The average Bonchev–Trinajstić information content (AvgIpc) is 3.37. The van der Waals surface area contributed by atoms with Crippen LogP contribution in [0.3, 0.4) is 0 Å². The van der Waals surface area contributed by atoms with Crippen molar-refractivity contribution < 1.29 is 9.53 Å². The molecule has 1 unspecified atom stereocenters. The Hall–Kier alpha value is -2.12. The first kappa shape index (κ1) is 24.5. The Kier molecular flexibility index (Phi) is 9.81. The lowest BCUT2D eigenvalue weighted by Crippen LogP contribution is -2.57. The third kappa shape index (κ3) is 6.69. The second-order valence-electron chi connectivity index (χ2n) is 8.72. The van der Waals surface area contributed by atoms with Crippen LogP contribution < -0.4 is 5.32 Å². The summed E-state index contributed by atoms with van der Waals surface area (Å²) in [7, 11) is 0. The summed E-state index contributed by atoms with van der Waals surface area (Å²) >= 11 is 0. The van der Waals surface area contributed by atoms with E-state index < -0.39 is 0 Å². The van der Waals surface area contributed by atoms with Crippen LogP contribution in [0.2, 0.25) is 0 Å². The molecule has 1 aromatic carbocycles. The number of nitrogens with zero attached hydrogens (tertiary/aromatic N) is 4. The number of carbonyl (C=O) groups excluding carboxylic acids is 1. The third-order valence-corrected chi connectivity index (χ3v) is 6.40. The highest BCUT2D eigenvalue weighted by atomic mass is 16.5. The van der Waals surface area contributed by atoms with Crippen LogP contribution in [-0.2, 0) is 22.7 Å². The monoisotopic (exact) mass is 443 g/mol. The van der Waals surface area contributed by atoms with Crippen molar-refractivity contribution in [3.8, 4) is 0 Å². The highest BCUT2D eigenvalue weighted by molar-refractivity contribution is 5.82. The Morgan fingerprint density at radius 3 is 2.38 bits per heavy atom. The van der Waals surface area contributed by atoms with E-state index in [1.54, 1.807) is 0 Å². The molecule has 2 heterocycles. The van der Waals surface area contributed by atoms with Gasteiger partial charge in [-0.15, -0.1) is 0 Å². The Balaban J connectivity index is 1.57. The number of benzene rings is 1. The smallest absolute Gasteiger partial charge is 0.239 e. The van der Waals surface area contributed by atoms with Crippen molar-refractivity contribution in [2.75, 3.05) is 52.4 Å². The van der Waals surface area contributed by atoms with Crippen LogP contribution in [0.15, 0.2) is 29.3 Å². The van der Waals surface area contributed by atoms with Crippen molar-refractivity contribution in [2.24, 2.45) is 4.99 Å². The molecule has 0 aromatic heterocycles. The van der Waals surface area contributed by atoms with Gasteiger partial charge in [-0.25, -0.2) is 4.99 Å². The van der Waals surface area contributed by atoms with E-state index in [-0.39, 0.29) is 6.04 Å². The second kappa shape index (κ2) is 12.8. The normalized spacial score (nSPS) is 18.8. The molecule has 32 heavy (non-hydrogen) atoms. The number of ether oxygens (including phenoxy) is 1. The highest BCUT2D eigenvalue weighted by Crippen LogP contribution is 2.15. The van der Waals surface area contributed by atoms with Gasteiger partial charge in [0.2, 0.25) is 5.91 Å². The van der Waals surface area contributed by atoms with Crippen LogP contribution in [-0.4, -0.2) is 85.0 Å². The molecule has 3 rings (SSSR count). The zero-order chi connectivity index (χ0) is 22.8. The van der Waals surface area contributed by atoms with Gasteiger partial charge < -0.3 is 19.9 Å². The van der Waals surface area contributed by atoms with Crippen LogP contribution in [0.25, 0.3) is 0 Å². The Morgan fingerprint density at radius 1 is 1.03 bits per heavy atom. The second-order valence-corrected chi connectivity index (χ2v) is 8.72. The predicted molar refractivity (Wildman–Crippen MR) is 130 cm³/mol. The summed E-state index contributed by atoms with van der Waals surface area (Å²) in [6, 6.07) is 8.36. The lowest BCUT2D eigenvalue weighted by Gasteiger charge is -2.39. The maximum atomic E-state index is 12.8. The van der Waals surface area contributed by atoms with E-state index >= 15 is 0 Å². The lowest BCUT2D eigenvalue weighted by molar-refractivity contribution is -0.135. The minimum absolute atomic E-state index is 0.0372. The first-order valence-electron chi connectivity index (χ1n) is 12.3. The molecule has 0 aliphatic carbocycles. The molecule has 2 saturated heterocycles. The maximum Gasteiger partial charge on any atom is 0.239 e. The highest BCUT2D eigenvalue weighted by Gasteiger charge is 2.30. The maximum absolute atomic E-state index is 12.8. The van der Waals surface area contributed by atoms with Gasteiger partial charge in [-0.1, -0.05) is 31.2 Å². The van der Waals surface area contributed by atoms with Gasteiger partial charge >= 0.3 is 0 Å². The largest absolute Gasteiger partial charge is 0.377 e. The van der Waals surface area contributed by atoms with Crippen LogP contribution >= 0.6 is 0 Å². The predicted octanol–water partition coefficient (Wildman–Crippen LogP) is 2.71. The molecule has 1 N–H and O–H groups in total. The summed E-state index contributed by atoms with van der Waals surface area (Å²) in [4.78, 5) is 24.4. The van der Waals surface area contributed by atoms with Gasteiger partial charge in [-0.05, 0) is 44.2 Å². The van der Waals surface area contributed by atoms with Gasteiger partial charge in [0, 0.05) is 52.4 Å². The summed E-state index contributed by atoms with van der Waals surface area (Å²) in [5.41, 5.74) is 2.42. The fourth-order valence-corrected chi connectivity index (χ4v) is 4.44. The standard InChI is InChI=1S/C25H41N5O2/c1-4-18-32-20-23-11-7-6-10-22(23)19-27-25(26-5-2)30-16-14-28(15-17-30)21(3)24(31)29-12-8-9-13-29/h6-7,10-11,21H,4-5,8-9,12-20H2,1-3H3,(H,26,27). The van der Waals surface area contributed by atoms with Gasteiger partial charge in [0.25, 0.3) is 0 Å². The molecule has 1 atom stereocenters.